The van der Waals surface area contributed by atoms with E-state index in [0.717, 1.165) is 33.8 Å². The summed E-state index contributed by atoms with van der Waals surface area (Å²) in [6, 6.07) is 16.3. The highest BCUT2D eigenvalue weighted by molar-refractivity contribution is 5.80. The van der Waals surface area contributed by atoms with Crippen LogP contribution < -0.4 is 5.56 Å². The summed E-state index contributed by atoms with van der Waals surface area (Å²) < 4.78 is 2.02. The Morgan fingerprint density at radius 3 is 2.29 bits per heavy atom. The van der Waals surface area contributed by atoms with Crippen LogP contribution in [0.5, 0.6) is 0 Å². The van der Waals surface area contributed by atoms with Crippen LogP contribution >= 0.6 is 0 Å². The normalized spacial score (nSPS) is 11.7. The third kappa shape index (κ3) is 3.79. The molecule has 9 nitrogen and oxygen atoms in total. The van der Waals surface area contributed by atoms with Gasteiger partial charge >= 0.3 is 0 Å². The second-order valence-corrected chi connectivity index (χ2v) is 8.98. The lowest BCUT2D eigenvalue weighted by molar-refractivity contribution is 0.681. The first-order valence-electron chi connectivity index (χ1n) is 11.3. The van der Waals surface area contributed by atoms with Gasteiger partial charge in [-0.05, 0) is 27.8 Å². The quantitative estimate of drug-likeness (QED) is 0.396. The second kappa shape index (κ2) is 8.66. The van der Waals surface area contributed by atoms with E-state index in [2.05, 4.69) is 82.8 Å². The minimum absolute atomic E-state index is 0.154. The van der Waals surface area contributed by atoms with E-state index in [1.165, 1.54) is 0 Å². The molecule has 0 aliphatic rings. The topological polar surface area (TPSA) is 118 Å². The molecule has 9 heteroatoms. The summed E-state index contributed by atoms with van der Waals surface area (Å²) in [5.41, 5.74) is 5.91. The van der Waals surface area contributed by atoms with Gasteiger partial charge in [0.2, 0.25) is 5.82 Å². The van der Waals surface area contributed by atoms with Gasteiger partial charge in [0.05, 0.1) is 5.69 Å². The predicted molar refractivity (Wildman–Crippen MR) is 130 cm³/mol. The molecule has 0 fully saturated rings. The third-order valence-corrected chi connectivity index (χ3v) is 5.91. The van der Waals surface area contributed by atoms with Gasteiger partial charge in [0.25, 0.3) is 5.56 Å². The van der Waals surface area contributed by atoms with Crippen LogP contribution in [0.25, 0.3) is 33.5 Å². The molecule has 3 aromatic heterocycles. The maximum absolute atomic E-state index is 12.8. The Balaban J connectivity index is 1.55. The highest BCUT2D eigenvalue weighted by Crippen LogP contribution is 2.30. The highest BCUT2D eigenvalue weighted by atomic mass is 16.1. The van der Waals surface area contributed by atoms with Crippen molar-refractivity contribution >= 4 is 11.0 Å². The minimum atomic E-state index is -0.218. The van der Waals surface area contributed by atoms with Crippen molar-refractivity contribution in [2.45, 2.75) is 46.1 Å². The zero-order valence-corrected chi connectivity index (χ0v) is 19.6. The van der Waals surface area contributed by atoms with Crippen molar-refractivity contribution in [1.82, 2.24) is 40.4 Å². The van der Waals surface area contributed by atoms with E-state index < -0.39 is 0 Å². The van der Waals surface area contributed by atoms with Crippen LogP contribution in [-0.2, 0) is 6.54 Å². The first-order chi connectivity index (χ1) is 16.4. The molecule has 0 bridgehead atoms. The molecular formula is C25H26N8O. The molecule has 5 aromatic rings. The molecule has 172 valence electrons. The molecule has 0 saturated heterocycles. The molecule has 34 heavy (non-hydrogen) atoms. The van der Waals surface area contributed by atoms with Gasteiger partial charge in [0.15, 0.2) is 0 Å². The van der Waals surface area contributed by atoms with Crippen molar-refractivity contribution in [3.05, 3.63) is 76.0 Å². The summed E-state index contributed by atoms with van der Waals surface area (Å²) in [6.45, 7) is 8.83. The number of aromatic amines is 2. The van der Waals surface area contributed by atoms with Gasteiger partial charge in [0, 0.05) is 18.0 Å². The minimum Gasteiger partial charge on any atom is -0.319 e. The van der Waals surface area contributed by atoms with Crippen LogP contribution in [0.15, 0.2) is 53.3 Å². The van der Waals surface area contributed by atoms with Gasteiger partial charge in [-0.1, -0.05) is 76.2 Å². The molecule has 0 aliphatic heterocycles. The molecule has 0 saturated carbocycles. The Morgan fingerprint density at radius 1 is 0.912 bits per heavy atom. The lowest BCUT2D eigenvalue weighted by Gasteiger charge is -2.12. The fourth-order valence-electron chi connectivity index (χ4n) is 4.28. The van der Waals surface area contributed by atoms with Gasteiger partial charge in [-0.2, -0.15) is 10.3 Å². The van der Waals surface area contributed by atoms with E-state index >= 15 is 0 Å². The summed E-state index contributed by atoms with van der Waals surface area (Å²) in [5.74, 6) is 1.75. The number of nitrogens with one attached hydrogen (secondary N) is 2. The van der Waals surface area contributed by atoms with Gasteiger partial charge in [0.1, 0.15) is 16.9 Å². The number of benzene rings is 2. The van der Waals surface area contributed by atoms with E-state index in [4.69, 9.17) is 4.98 Å². The standard InChI is InChI=1S/C25H26N8O/c1-14(2)20-21-22(25(34)30-27-20)33(24(26-21)15(3)4)13-16-9-11-17(12-10-16)18-7-5-6-8-19(18)23-28-31-32-29-23/h5-12,14-15H,13H2,1-4H3,(H,30,34)(H,28,29,31,32). The van der Waals surface area contributed by atoms with Crippen molar-refractivity contribution in [2.75, 3.05) is 0 Å². The molecule has 0 spiro atoms. The number of hydrogen-bond donors (Lipinski definition) is 2. The van der Waals surface area contributed by atoms with Crippen LogP contribution in [0.2, 0.25) is 0 Å². The molecule has 2 aromatic carbocycles. The van der Waals surface area contributed by atoms with E-state index in [0.29, 0.717) is 23.4 Å². The number of imidazole rings is 1. The molecule has 0 atom stereocenters. The fourth-order valence-corrected chi connectivity index (χ4v) is 4.28. The Morgan fingerprint density at radius 2 is 1.65 bits per heavy atom. The predicted octanol–water partition coefficient (Wildman–Crippen LogP) is 4.26. The monoisotopic (exact) mass is 454 g/mol. The van der Waals surface area contributed by atoms with Crippen molar-refractivity contribution in [1.29, 1.82) is 0 Å². The maximum atomic E-state index is 12.8. The number of rotatable bonds is 6. The van der Waals surface area contributed by atoms with Crippen LogP contribution in [0.1, 0.15) is 56.6 Å². The van der Waals surface area contributed by atoms with Gasteiger partial charge in [-0.15, -0.1) is 10.2 Å². The van der Waals surface area contributed by atoms with E-state index in [-0.39, 0.29) is 17.4 Å². The first-order valence-corrected chi connectivity index (χ1v) is 11.3. The highest BCUT2D eigenvalue weighted by Gasteiger charge is 2.21. The zero-order valence-electron chi connectivity index (χ0n) is 19.6. The number of fused-ring (bicyclic) bond motifs is 1. The SMILES string of the molecule is CC(C)c1n[nH]c(=O)c2c1nc(C(C)C)n2Cc1ccc(-c2ccccc2-c2nn[nH]n2)cc1. The van der Waals surface area contributed by atoms with Crippen LogP contribution in [-0.4, -0.2) is 40.4 Å². The fraction of sp³-hybridized carbons (Fsp3) is 0.280. The Kier molecular flexibility index (Phi) is 5.53. The van der Waals surface area contributed by atoms with Crippen LogP contribution in [0.3, 0.4) is 0 Å². The lowest BCUT2D eigenvalue weighted by atomic mass is 9.98. The first kappa shape index (κ1) is 21.7. The summed E-state index contributed by atoms with van der Waals surface area (Å²) in [7, 11) is 0. The Bertz CT molecular complexity index is 1490. The van der Waals surface area contributed by atoms with Crippen molar-refractivity contribution in [2.24, 2.45) is 0 Å². The molecule has 3 heterocycles. The van der Waals surface area contributed by atoms with Crippen molar-refractivity contribution in [3.8, 4) is 22.5 Å². The molecular weight excluding hydrogens is 428 g/mol. The van der Waals surface area contributed by atoms with Gasteiger partial charge in [-0.3, -0.25) is 4.79 Å². The molecule has 0 aliphatic carbocycles. The van der Waals surface area contributed by atoms with Gasteiger partial charge in [-0.25, -0.2) is 10.1 Å². The summed E-state index contributed by atoms with van der Waals surface area (Å²) >= 11 is 0. The van der Waals surface area contributed by atoms with Crippen LogP contribution in [0.4, 0.5) is 0 Å². The molecule has 0 unspecified atom stereocenters. The number of hydrogen-bond acceptors (Lipinski definition) is 6. The van der Waals surface area contributed by atoms with Crippen LogP contribution in [0, 0.1) is 0 Å². The summed E-state index contributed by atoms with van der Waals surface area (Å²) in [6.07, 6.45) is 0. The maximum Gasteiger partial charge on any atom is 0.290 e. The lowest BCUT2D eigenvalue weighted by Crippen LogP contribution is -2.16. The second-order valence-electron chi connectivity index (χ2n) is 8.98. The van der Waals surface area contributed by atoms with Crippen molar-refractivity contribution < 1.29 is 0 Å². The van der Waals surface area contributed by atoms with E-state index in [1.54, 1.807) is 0 Å². The van der Waals surface area contributed by atoms with E-state index in [1.807, 2.05) is 28.8 Å². The number of tetrazole rings is 1. The Labute approximate surface area is 196 Å². The molecule has 0 radical (unpaired) electrons. The zero-order chi connectivity index (χ0) is 23.8. The number of aromatic nitrogens is 8. The Hall–Kier alpha value is -4.14. The number of nitrogens with zero attached hydrogens (tertiary/aromatic N) is 6. The third-order valence-electron chi connectivity index (χ3n) is 5.91. The number of H-pyrrole nitrogens is 2. The summed E-state index contributed by atoms with van der Waals surface area (Å²) in [5, 5.41) is 21.4. The average molecular weight is 455 g/mol. The van der Waals surface area contributed by atoms with Crippen molar-refractivity contribution in [3.63, 3.8) is 0 Å². The molecule has 2 N–H and O–H groups in total. The van der Waals surface area contributed by atoms with E-state index in [9.17, 15) is 4.79 Å². The summed E-state index contributed by atoms with van der Waals surface area (Å²) in [4.78, 5) is 17.6. The van der Waals surface area contributed by atoms with Gasteiger partial charge < -0.3 is 4.57 Å². The largest absolute Gasteiger partial charge is 0.319 e. The average Bonchev–Trinajstić information content (AvgIpc) is 3.49. The molecule has 5 rings (SSSR count). The smallest absolute Gasteiger partial charge is 0.290 e. The molecule has 0 amide bonds.